The molecule has 170 valence electrons. The first kappa shape index (κ1) is 22.0. The van der Waals surface area contributed by atoms with Crippen LogP contribution in [0, 0.1) is 0 Å². The highest BCUT2D eigenvalue weighted by Gasteiger charge is 2.28. The fourth-order valence-corrected chi connectivity index (χ4v) is 4.06. The first-order chi connectivity index (χ1) is 15.3. The number of fused-ring (bicyclic) bond motifs is 1. The molecule has 2 aromatic carbocycles. The van der Waals surface area contributed by atoms with Crippen LogP contribution in [0.1, 0.15) is 27.7 Å². The molecule has 4 rings (SSSR count). The largest absolute Gasteiger partial charge is 0.497 e. The van der Waals surface area contributed by atoms with E-state index in [1.165, 1.54) is 0 Å². The average Bonchev–Trinajstić information content (AvgIpc) is 3.16. The fourth-order valence-electron chi connectivity index (χ4n) is 4.06. The van der Waals surface area contributed by atoms with Crippen molar-refractivity contribution in [3.8, 4) is 16.9 Å². The predicted octanol–water partition coefficient (Wildman–Crippen LogP) is 4.79. The standard InChI is InChI=1S/C25H32N4O3/c1-6-29-23(27-13-15-28(16-14-27)24(30)32-25(2,3)4)21-12-9-19(17-22(21)26-29)18-7-10-20(31-5)11-8-18/h7-12,17H,6,13-16H2,1-5H3. The Bertz CT molecular complexity index is 1090. The number of amides is 1. The molecule has 1 fully saturated rings. The summed E-state index contributed by atoms with van der Waals surface area (Å²) in [7, 11) is 1.67. The maximum Gasteiger partial charge on any atom is 0.410 e. The molecule has 0 saturated carbocycles. The van der Waals surface area contributed by atoms with E-state index < -0.39 is 5.60 Å². The lowest BCUT2D eigenvalue weighted by Crippen LogP contribution is -2.50. The molecule has 0 radical (unpaired) electrons. The lowest BCUT2D eigenvalue weighted by Gasteiger charge is -2.36. The predicted molar refractivity (Wildman–Crippen MR) is 127 cm³/mol. The molecular formula is C25H32N4O3. The molecule has 1 aromatic heterocycles. The zero-order chi connectivity index (χ0) is 22.9. The van der Waals surface area contributed by atoms with Crippen LogP contribution in [0.3, 0.4) is 0 Å². The molecule has 0 atom stereocenters. The maximum atomic E-state index is 12.4. The van der Waals surface area contributed by atoms with Crippen molar-refractivity contribution in [3.63, 3.8) is 0 Å². The van der Waals surface area contributed by atoms with Crippen molar-refractivity contribution in [2.75, 3.05) is 38.2 Å². The molecule has 0 aliphatic carbocycles. The lowest BCUT2D eigenvalue weighted by atomic mass is 10.0. The summed E-state index contributed by atoms with van der Waals surface area (Å²) < 4.78 is 12.9. The molecule has 2 heterocycles. The van der Waals surface area contributed by atoms with Crippen molar-refractivity contribution < 1.29 is 14.3 Å². The van der Waals surface area contributed by atoms with E-state index in [0.29, 0.717) is 13.1 Å². The molecule has 1 amide bonds. The molecule has 3 aromatic rings. The van der Waals surface area contributed by atoms with Crippen LogP contribution in [0.25, 0.3) is 22.0 Å². The fraction of sp³-hybridized carbons (Fsp3) is 0.440. The molecule has 7 heteroatoms. The number of nitrogens with zero attached hydrogens (tertiary/aromatic N) is 4. The highest BCUT2D eigenvalue weighted by Crippen LogP contribution is 2.32. The number of rotatable bonds is 4. The van der Waals surface area contributed by atoms with Gasteiger partial charge in [0, 0.05) is 38.1 Å². The van der Waals surface area contributed by atoms with Crippen LogP contribution in [-0.4, -0.2) is 59.7 Å². The second kappa shape index (κ2) is 8.73. The summed E-state index contributed by atoms with van der Waals surface area (Å²) in [6, 6.07) is 14.5. The minimum atomic E-state index is -0.479. The lowest BCUT2D eigenvalue weighted by molar-refractivity contribution is 0.0240. The van der Waals surface area contributed by atoms with Gasteiger partial charge in [-0.05, 0) is 63.1 Å². The van der Waals surface area contributed by atoms with Crippen LogP contribution < -0.4 is 9.64 Å². The first-order valence-corrected chi connectivity index (χ1v) is 11.2. The van der Waals surface area contributed by atoms with Crippen LogP contribution in [0.5, 0.6) is 5.75 Å². The monoisotopic (exact) mass is 436 g/mol. The Morgan fingerprint density at radius 3 is 2.25 bits per heavy atom. The Hall–Kier alpha value is -3.22. The highest BCUT2D eigenvalue weighted by molar-refractivity contribution is 5.93. The van der Waals surface area contributed by atoms with Gasteiger partial charge in [-0.15, -0.1) is 0 Å². The maximum absolute atomic E-state index is 12.4. The van der Waals surface area contributed by atoms with Crippen molar-refractivity contribution in [1.29, 1.82) is 0 Å². The second-order valence-corrected chi connectivity index (χ2v) is 9.05. The minimum absolute atomic E-state index is 0.241. The van der Waals surface area contributed by atoms with Gasteiger partial charge in [-0.2, -0.15) is 5.10 Å². The van der Waals surface area contributed by atoms with Crippen LogP contribution in [0.2, 0.25) is 0 Å². The molecule has 1 saturated heterocycles. The molecule has 32 heavy (non-hydrogen) atoms. The second-order valence-electron chi connectivity index (χ2n) is 9.05. The molecule has 1 aliphatic heterocycles. The van der Waals surface area contributed by atoms with Crippen molar-refractivity contribution in [3.05, 3.63) is 42.5 Å². The average molecular weight is 437 g/mol. The molecule has 0 unspecified atom stereocenters. The third kappa shape index (κ3) is 4.52. The molecule has 0 bridgehead atoms. The first-order valence-electron chi connectivity index (χ1n) is 11.2. The van der Waals surface area contributed by atoms with Gasteiger partial charge in [0.05, 0.1) is 12.6 Å². The molecule has 0 N–H and O–H groups in total. The summed E-state index contributed by atoms with van der Waals surface area (Å²) in [4.78, 5) is 16.5. The van der Waals surface area contributed by atoms with Crippen LogP contribution in [-0.2, 0) is 11.3 Å². The zero-order valence-electron chi connectivity index (χ0n) is 19.6. The number of carbonyl (C=O) groups is 1. The number of hydrogen-bond acceptors (Lipinski definition) is 5. The summed E-state index contributed by atoms with van der Waals surface area (Å²) in [6.45, 7) is 11.4. The van der Waals surface area contributed by atoms with Gasteiger partial charge in [-0.1, -0.05) is 18.2 Å². The zero-order valence-corrected chi connectivity index (χ0v) is 19.6. The van der Waals surface area contributed by atoms with Crippen LogP contribution in [0.15, 0.2) is 42.5 Å². The summed E-state index contributed by atoms with van der Waals surface area (Å²) in [5.41, 5.74) is 2.76. The van der Waals surface area contributed by atoms with E-state index in [2.05, 4.69) is 46.8 Å². The number of aryl methyl sites for hydroxylation is 1. The highest BCUT2D eigenvalue weighted by atomic mass is 16.6. The van der Waals surface area contributed by atoms with Gasteiger partial charge in [0.25, 0.3) is 0 Å². The normalized spacial score (nSPS) is 14.7. The van der Waals surface area contributed by atoms with Gasteiger partial charge in [-0.25, -0.2) is 9.48 Å². The van der Waals surface area contributed by atoms with Gasteiger partial charge >= 0.3 is 6.09 Å². The van der Waals surface area contributed by atoms with Crippen LogP contribution in [0.4, 0.5) is 10.6 Å². The third-order valence-electron chi connectivity index (χ3n) is 5.67. The Balaban J connectivity index is 1.56. The Labute approximate surface area is 189 Å². The van der Waals surface area contributed by atoms with Gasteiger partial charge < -0.3 is 19.3 Å². The number of carbonyl (C=O) groups excluding carboxylic acids is 1. The SMILES string of the molecule is CCn1nc2cc(-c3ccc(OC)cc3)ccc2c1N1CCN(C(=O)OC(C)(C)C)CC1. The number of ether oxygens (including phenoxy) is 2. The number of anilines is 1. The quantitative estimate of drug-likeness (QED) is 0.589. The van der Waals surface area contributed by atoms with Crippen LogP contribution >= 0.6 is 0 Å². The van der Waals surface area contributed by atoms with Gasteiger partial charge in [0.1, 0.15) is 17.2 Å². The number of hydrogen-bond donors (Lipinski definition) is 0. The summed E-state index contributed by atoms with van der Waals surface area (Å²) >= 11 is 0. The Morgan fingerprint density at radius 1 is 1.00 bits per heavy atom. The van der Waals surface area contributed by atoms with Crippen molar-refractivity contribution in [1.82, 2.24) is 14.7 Å². The Morgan fingerprint density at radius 2 is 1.66 bits per heavy atom. The molecule has 7 nitrogen and oxygen atoms in total. The van der Waals surface area contributed by atoms with Gasteiger partial charge in [-0.3, -0.25) is 0 Å². The molecular weight excluding hydrogens is 404 g/mol. The van der Waals surface area contributed by atoms with E-state index >= 15 is 0 Å². The topological polar surface area (TPSA) is 59.8 Å². The summed E-state index contributed by atoms with van der Waals surface area (Å²) in [5, 5.41) is 6.01. The van der Waals surface area contributed by atoms with Crippen molar-refractivity contribution >= 4 is 22.8 Å². The van der Waals surface area contributed by atoms with E-state index in [9.17, 15) is 4.79 Å². The number of piperazine rings is 1. The van der Waals surface area contributed by atoms with E-state index in [4.69, 9.17) is 14.6 Å². The van der Waals surface area contributed by atoms with E-state index in [1.807, 2.05) is 32.9 Å². The number of methoxy groups -OCH3 is 1. The van der Waals surface area contributed by atoms with Crippen molar-refractivity contribution in [2.24, 2.45) is 0 Å². The van der Waals surface area contributed by atoms with Crippen molar-refractivity contribution in [2.45, 2.75) is 39.8 Å². The van der Waals surface area contributed by atoms with E-state index in [0.717, 1.165) is 53.2 Å². The molecule has 1 aliphatic rings. The third-order valence-corrected chi connectivity index (χ3v) is 5.67. The van der Waals surface area contributed by atoms with Gasteiger partial charge in [0.15, 0.2) is 0 Å². The van der Waals surface area contributed by atoms with Gasteiger partial charge in [0.2, 0.25) is 0 Å². The summed E-state index contributed by atoms with van der Waals surface area (Å²) in [6.07, 6.45) is -0.241. The number of aromatic nitrogens is 2. The number of benzene rings is 2. The van der Waals surface area contributed by atoms with E-state index in [-0.39, 0.29) is 6.09 Å². The molecule has 0 spiro atoms. The Kier molecular flexibility index (Phi) is 6.00. The van der Waals surface area contributed by atoms with E-state index in [1.54, 1.807) is 12.0 Å². The minimum Gasteiger partial charge on any atom is -0.497 e. The summed E-state index contributed by atoms with van der Waals surface area (Å²) in [5.74, 6) is 1.96. The smallest absolute Gasteiger partial charge is 0.410 e.